The van der Waals surface area contributed by atoms with Crippen LogP contribution in [0.5, 0.6) is 5.88 Å². The zero-order valence-corrected chi connectivity index (χ0v) is 14.8. The second-order valence-electron chi connectivity index (χ2n) is 6.10. The number of benzene rings is 1. The van der Waals surface area contributed by atoms with Crippen LogP contribution in [0, 0.1) is 32.1 Å². The number of aryl methyl sites for hydroxylation is 2. The summed E-state index contributed by atoms with van der Waals surface area (Å²) in [6, 6.07) is 7.89. The SMILES string of the molecule is Cc1ccc(NCc2c(C)c(C#N)c(=O)n(CCCO)c2O)cc1C. The first-order valence-corrected chi connectivity index (χ1v) is 8.18. The largest absolute Gasteiger partial charge is 0.494 e. The van der Waals surface area contributed by atoms with Crippen molar-refractivity contribution in [3.05, 3.63) is 56.4 Å². The standard InChI is InChI=1S/C19H23N3O3/c1-12-5-6-15(9-13(12)2)21-11-17-14(3)16(10-20)18(24)22(19(17)25)7-4-8-23/h5-6,9,21,23,25H,4,7-8,11H2,1-3H3. The van der Waals surface area contributed by atoms with Crippen molar-refractivity contribution in [3.63, 3.8) is 0 Å². The van der Waals surface area contributed by atoms with Gasteiger partial charge in [-0.25, -0.2) is 0 Å². The van der Waals surface area contributed by atoms with E-state index >= 15 is 0 Å². The Balaban J connectivity index is 2.40. The number of aromatic nitrogens is 1. The lowest BCUT2D eigenvalue weighted by molar-refractivity contribution is 0.274. The molecule has 0 fully saturated rings. The summed E-state index contributed by atoms with van der Waals surface area (Å²) in [4.78, 5) is 12.3. The van der Waals surface area contributed by atoms with Crippen molar-refractivity contribution >= 4 is 5.69 Å². The number of hydrogen-bond donors (Lipinski definition) is 3. The second kappa shape index (κ2) is 7.86. The fourth-order valence-electron chi connectivity index (χ4n) is 2.69. The average Bonchev–Trinajstić information content (AvgIpc) is 2.58. The molecule has 0 aliphatic carbocycles. The van der Waals surface area contributed by atoms with Crippen molar-refractivity contribution < 1.29 is 10.2 Å². The number of aromatic hydroxyl groups is 1. The molecule has 25 heavy (non-hydrogen) atoms. The van der Waals surface area contributed by atoms with Gasteiger partial charge in [0.2, 0.25) is 0 Å². The summed E-state index contributed by atoms with van der Waals surface area (Å²) in [5.74, 6) is -0.161. The number of nitriles is 1. The van der Waals surface area contributed by atoms with Crippen LogP contribution in [0.15, 0.2) is 23.0 Å². The van der Waals surface area contributed by atoms with Gasteiger partial charge in [-0.2, -0.15) is 5.26 Å². The van der Waals surface area contributed by atoms with E-state index in [9.17, 15) is 15.2 Å². The monoisotopic (exact) mass is 341 g/mol. The molecule has 1 aromatic carbocycles. The van der Waals surface area contributed by atoms with Gasteiger partial charge in [0.15, 0.2) is 5.88 Å². The minimum atomic E-state index is -0.527. The van der Waals surface area contributed by atoms with Crippen LogP contribution in [0.4, 0.5) is 5.69 Å². The van der Waals surface area contributed by atoms with Crippen molar-refractivity contribution in [2.75, 3.05) is 11.9 Å². The molecule has 0 unspecified atom stereocenters. The van der Waals surface area contributed by atoms with Crippen molar-refractivity contribution in [1.82, 2.24) is 4.57 Å². The number of pyridine rings is 1. The highest BCUT2D eigenvalue weighted by atomic mass is 16.3. The highest BCUT2D eigenvalue weighted by molar-refractivity contribution is 5.51. The highest BCUT2D eigenvalue weighted by Gasteiger charge is 2.18. The Labute approximate surface area is 147 Å². The highest BCUT2D eigenvalue weighted by Crippen LogP contribution is 2.24. The van der Waals surface area contributed by atoms with Gasteiger partial charge in [-0.1, -0.05) is 6.07 Å². The normalized spacial score (nSPS) is 10.5. The third kappa shape index (κ3) is 3.83. The molecule has 6 heteroatoms. The van der Waals surface area contributed by atoms with E-state index in [0.29, 0.717) is 17.5 Å². The number of hydrogen-bond acceptors (Lipinski definition) is 5. The van der Waals surface area contributed by atoms with Crippen LogP contribution in [-0.4, -0.2) is 21.4 Å². The molecule has 0 bridgehead atoms. The zero-order valence-electron chi connectivity index (χ0n) is 14.8. The molecule has 2 aromatic rings. The Hall–Kier alpha value is -2.78. The van der Waals surface area contributed by atoms with Gasteiger partial charge in [0.05, 0.1) is 0 Å². The lowest BCUT2D eigenvalue weighted by atomic mass is 10.0. The Kier molecular flexibility index (Phi) is 5.84. The summed E-state index contributed by atoms with van der Waals surface area (Å²) in [6.45, 7) is 6.06. The maximum absolute atomic E-state index is 12.3. The number of anilines is 1. The van der Waals surface area contributed by atoms with Crippen molar-refractivity contribution in [3.8, 4) is 11.9 Å². The molecular formula is C19H23N3O3. The van der Waals surface area contributed by atoms with Gasteiger partial charge in [-0.05, 0) is 56.0 Å². The topological polar surface area (TPSA) is 98.3 Å². The maximum atomic E-state index is 12.3. The first-order chi connectivity index (χ1) is 11.9. The van der Waals surface area contributed by atoms with Gasteiger partial charge in [0, 0.05) is 30.9 Å². The predicted molar refractivity (Wildman–Crippen MR) is 96.8 cm³/mol. The van der Waals surface area contributed by atoms with Gasteiger partial charge in [0.25, 0.3) is 5.56 Å². The van der Waals surface area contributed by atoms with E-state index in [1.54, 1.807) is 6.92 Å². The van der Waals surface area contributed by atoms with Crippen LogP contribution in [0.1, 0.15) is 34.2 Å². The first-order valence-electron chi connectivity index (χ1n) is 8.18. The van der Waals surface area contributed by atoms with Crippen molar-refractivity contribution in [1.29, 1.82) is 5.26 Å². The summed E-state index contributed by atoms with van der Waals surface area (Å²) < 4.78 is 1.15. The molecule has 0 saturated carbocycles. The second-order valence-corrected chi connectivity index (χ2v) is 6.10. The first kappa shape index (κ1) is 18.6. The molecule has 0 spiro atoms. The molecule has 0 saturated heterocycles. The molecule has 132 valence electrons. The van der Waals surface area contributed by atoms with E-state index in [1.807, 2.05) is 38.1 Å². The van der Waals surface area contributed by atoms with Crippen molar-refractivity contribution in [2.24, 2.45) is 0 Å². The molecule has 6 nitrogen and oxygen atoms in total. The zero-order chi connectivity index (χ0) is 18.6. The van der Waals surface area contributed by atoms with Crippen LogP contribution < -0.4 is 10.9 Å². The Bertz CT molecular complexity index is 879. The Morgan fingerprint density at radius 1 is 1.24 bits per heavy atom. The smallest absolute Gasteiger partial charge is 0.271 e. The van der Waals surface area contributed by atoms with Crippen LogP contribution in [0.2, 0.25) is 0 Å². The minimum Gasteiger partial charge on any atom is -0.494 e. The van der Waals surface area contributed by atoms with E-state index < -0.39 is 5.56 Å². The molecular weight excluding hydrogens is 318 g/mol. The van der Waals surface area contributed by atoms with Gasteiger partial charge >= 0.3 is 0 Å². The van der Waals surface area contributed by atoms with Gasteiger partial charge in [-0.3, -0.25) is 9.36 Å². The minimum absolute atomic E-state index is 0.0210. The number of nitrogens with zero attached hydrogens (tertiary/aromatic N) is 2. The number of rotatable bonds is 6. The molecule has 1 heterocycles. The third-order valence-corrected chi connectivity index (χ3v) is 4.44. The number of aliphatic hydroxyl groups excluding tert-OH is 1. The molecule has 2 rings (SSSR count). The van der Waals surface area contributed by atoms with Gasteiger partial charge in [0.1, 0.15) is 11.6 Å². The number of aliphatic hydroxyl groups is 1. The molecule has 0 aliphatic rings. The quantitative estimate of drug-likeness (QED) is 0.749. The summed E-state index contributed by atoms with van der Waals surface area (Å²) in [6.07, 6.45) is 0.325. The fourth-order valence-corrected chi connectivity index (χ4v) is 2.69. The van der Waals surface area contributed by atoms with E-state index in [2.05, 4.69) is 5.32 Å². The van der Waals surface area contributed by atoms with Gasteiger partial charge in [-0.15, -0.1) is 0 Å². The molecule has 0 radical (unpaired) electrons. The molecule has 0 aliphatic heterocycles. The van der Waals surface area contributed by atoms with E-state index in [1.165, 1.54) is 5.56 Å². The van der Waals surface area contributed by atoms with Crippen molar-refractivity contribution in [2.45, 2.75) is 40.3 Å². The van der Waals surface area contributed by atoms with Crippen LogP contribution >= 0.6 is 0 Å². The summed E-state index contributed by atoms with van der Waals surface area (Å²) in [5.41, 5.74) is 3.71. The third-order valence-electron chi connectivity index (χ3n) is 4.44. The van der Waals surface area contributed by atoms with Crippen LogP contribution in [-0.2, 0) is 13.1 Å². The lowest BCUT2D eigenvalue weighted by Crippen LogP contribution is -2.26. The Morgan fingerprint density at radius 3 is 2.56 bits per heavy atom. The van der Waals surface area contributed by atoms with Crippen LogP contribution in [0.25, 0.3) is 0 Å². The molecule has 0 amide bonds. The molecule has 1 aromatic heterocycles. The lowest BCUT2D eigenvalue weighted by Gasteiger charge is -2.17. The summed E-state index contributed by atoms with van der Waals surface area (Å²) in [7, 11) is 0. The molecule has 3 N–H and O–H groups in total. The summed E-state index contributed by atoms with van der Waals surface area (Å²) in [5, 5.41) is 32.0. The van der Waals surface area contributed by atoms with E-state index in [4.69, 9.17) is 5.11 Å². The van der Waals surface area contributed by atoms with E-state index in [0.717, 1.165) is 15.8 Å². The fraction of sp³-hybridized carbons (Fsp3) is 0.368. The summed E-state index contributed by atoms with van der Waals surface area (Å²) >= 11 is 0. The van der Waals surface area contributed by atoms with E-state index in [-0.39, 0.29) is 31.1 Å². The predicted octanol–water partition coefficient (Wildman–Crippen LogP) is 2.35. The molecule has 0 atom stereocenters. The van der Waals surface area contributed by atoms with Gasteiger partial charge < -0.3 is 15.5 Å². The Morgan fingerprint density at radius 2 is 1.96 bits per heavy atom. The average molecular weight is 341 g/mol. The number of nitrogens with one attached hydrogen (secondary N) is 1. The maximum Gasteiger partial charge on any atom is 0.271 e. The van der Waals surface area contributed by atoms with Crippen LogP contribution in [0.3, 0.4) is 0 Å².